The van der Waals surface area contributed by atoms with E-state index < -0.39 is 11.2 Å². The summed E-state index contributed by atoms with van der Waals surface area (Å²) in [6.45, 7) is 5.79. The van der Waals surface area contributed by atoms with Gasteiger partial charge < -0.3 is 9.63 Å². The first-order chi connectivity index (χ1) is 7.49. The Hall–Kier alpha value is -1.04. The van der Waals surface area contributed by atoms with Gasteiger partial charge in [-0.25, -0.2) is 0 Å². The minimum atomic E-state index is -0.823. The predicted molar refractivity (Wildman–Crippen MR) is 61.2 cm³/mol. The van der Waals surface area contributed by atoms with E-state index in [0.717, 1.165) is 6.42 Å². The van der Waals surface area contributed by atoms with Crippen molar-refractivity contribution in [1.29, 1.82) is 0 Å². The number of carboxylic acid groups (broad SMARTS) is 1. The molecular formula is C10H16N2O3S. The average Bonchev–Trinajstić information content (AvgIpc) is 2.60. The molecule has 1 aromatic rings. The minimum absolute atomic E-state index is 0.452. The fourth-order valence-corrected chi connectivity index (χ4v) is 1.71. The topological polar surface area (TPSA) is 76.2 Å². The molecule has 1 aromatic heterocycles. The SMILES string of the molecule is CC(C)Cc1nc(CSC(C)C(=O)O)no1. The number of rotatable bonds is 6. The molecule has 5 nitrogen and oxygen atoms in total. The van der Waals surface area contributed by atoms with Crippen molar-refractivity contribution in [3.05, 3.63) is 11.7 Å². The highest BCUT2D eigenvalue weighted by molar-refractivity contribution is 7.99. The summed E-state index contributed by atoms with van der Waals surface area (Å²) < 4.78 is 5.05. The van der Waals surface area contributed by atoms with Gasteiger partial charge in [0.1, 0.15) is 0 Å². The Kier molecular flexibility index (Phi) is 4.79. The van der Waals surface area contributed by atoms with Crippen molar-refractivity contribution in [1.82, 2.24) is 10.1 Å². The van der Waals surface area contributed by atoms with Gasteiger partial charge in [-0.05, 0) is 12.8 Å². The highest BCUT2D eigenvalue weighted by atomic mass is 32.2. The molecule has 1 atom stereocenters. The molecule has 0 aliphatic carbocycles. The van der Waals surface area contributed by atoms with Crippen molar-refractivity contribution in [2.45, 2.75) is 38.2 Å². The third-order valence-corrected chi connectivity index (χ3v) is 3.03. The normalized spacial score (nSPS) is 13.0. The second-order valence-corrected chi connectivity index (χ2v) is 5.32. The van der Waals surface area contributed by atoms with E-state index in [1.54, 1.807) is 6.92 Å². The first-order valence-electron chi connectivity index (χ1n) is 5.15. The number of aliphatic carboxylic acids is 1. The second kappa shape index (κ2) is 5.89. The van der Waals surface area contributed by atoms with Crippen molar-refractivity contribution in [2.24, 2.45) is 5.92 Å². The molecule has 1 rings (SSSR count). The van der Waals surface area contributed by atoms with Gasteiger partial charge in [-0.1, -0.05) is 19.0 Å². The average molecular weight is 244 g/mol. The van der Waals surface area contributed by atoms with E-state index in [1.165, 1.54) is 11.8 Å². The quantitative estimate of drug-likeness (QED) is 0.824. The van der Waals surface area contributed by atoms with E-state index in [1.807, 2.05) is 0 Å². The maximum atomic E-state index is 10.6. The van der Waals surface area contributed by atoms with Crippen LogP contribution in [0.5, 0.6) is 0 Å². The minimum Gasteiger partial charge on any atom is -0.480 e. The van der Waals surface area contributed by atoms with Gasteiger partial charge in [0.25, 0.3) is 0 Å². The molecule has 0 saturated carbocycles. The lowest BCUT2D eigenvalue weighted by atomic mass is 10.1. The standard InChI is InChI=1S/C10H16N2O3S/c1-6(2)4-9-11-8(12-15-9)5-16-7(3)10(13)14/h6-7H,4-5H2,1-3H3,(H,13,14). The third kappa shape index (κ3) is 4.22. The molecule has 0 aliphatic heterocycles. The summed E-state index contributed by atoms with van der Waals surface area (Å²) in [5.41, 5.74) is 0. The molecule has 0 saturated heterocycles. The van der Waals surface area contributed by atoms with Crippen LogP contribution >= 0.6 is 11.8 Å². The van der Waals surface area contributed by atoms with Crippen LogP contribution in [0.25, 0.3) is 0 Å². The van der Waals surface area contributed by atoms with Gasteiger partial charge in [0.15, 0.2) is 5.82 Å². The first kappa shape index (κ1) is 13.0. The van der Waals surface area contributed by atoms with Crippen molar-refractivity contribution in [3.63, 3.8) is 0 Å². The maximum absolute atomic E-state index is 10.6. The molecule has 0 radical (unpaired) electrons. The highest BCUT2D eigenvalue weighted by Gasteiger charge is 2.14. The molecule has 0 bridgehead atoms. The zero-order valence-corrected chi connectivity index (χ0v) is 10.5. The van der Waals surface area contributed by atoms with Gasteiger partial charge in [-0.15, -0.1) is 11.8 Å². The zero-order valence-electron chi connectivity index (χ0n) is 9.64. The van der Waals surface area contributed by atoms with Gasteiger partial charge >= 0.3 is 5.97 Å². The van der Waals surface area contributed by atoms with E-state index in [2.05, 4.69) is 24.0 Å². The molecule has 1 N–H and O–H groups in total. The van der Waals surface area contributed by atoms with Gasteiger partial charge in [-0.3, -0.25) is 4.79 Å². The summed E-state index contributed by atoms with van der Waals surface area (Å²) in [6.07, 6.45) is 0.756. The monoisotopic (exact) mass is 244 g/mol. The molecule has 1 unspecified atom stereocenters. The number of aromatic nitrogens is 2. The molecule has 6 heteroatoms. The van der Waals surface area contributed by atoms with Crippen LogP contribution in [0.3, 0.4) is 0 Å². The summed E-state index contributed by atoms with van der Waals surface area (Å²) in [6, 6.07) is 0. The van der Waals surface area contributed by atoms with Crippen molar-refractivity contribution in [2.75, 3.05) is 0 Å². The van der Waals surface area contributed by atoms with Crippen molar-refractivity contribution in [3.8, 4) is 0 Å². The van der Waals surface area contributed by atoms with E-state index in [0.29, 0.717) is 23.4 Å². The first-order valence-corrected chi connectivity index (χ1v) is 6.19. The Morgan fingerprint density at radius 3 is 2.75 bits per heavy atom. The van der Waals surface area contributed by atoms with Crippen LogP contribution in [0.2, 0.25) is 0 Å². The number of hydrogen-bond donors (Lipinski definition) is 1. The van der Waals surface area contributed by atoms with Gasteiger partial charge in [0.2, 0.25) is 5.89 Å². The molecule has 0 spiro atoms. The Balaban J connectivity index is 2.43. The van der Waals surface area contributed by atoms with Crippen LogP contribution in [0, 0.1) is 5.92 Å². The zero-order chi connectivity index (χ0) is 12.1. The molecule has 0 amide bonds. The smallest absolute Gasteiger partial charge is 0.316 e. The Bertz CT molecular complexity index is 352. The molecule has 1 heterocycles. The molecule has 0 fully saturated rings. The fraction of sp³-hybridized carbons (Fsp3) is 0.700. The number of thioether (sulfide) groups is 1. The van der Waals surface area contributed by atoms with E-state index in [4.69, 9.17) is 9.63 Å². The van der Waals surface area contributed by atoms with Crippen LogP contribution in [-0.4, -0.2) is 26.5 Å². The van der Waals surface area contributed by atoms with Gasteiger partial charge in [0, 0.05) is 6.42 Å². The summed E-state index contributed by atoms with van der Waals surface area (Å²) in [5.74, 6) is 1.30. The second-order valence-electron chi connectivity index (χ2n) is 3.99. The number of carbonyl (C=O) groups is 1. The molecular weight excluding hydrogens is 228 g/mol. The molecule has 0 aliphatic rings. The Morgan fingerprint density at radius 2 is 2.19 bits per heavy atom. The summed E-state index contributed by atoms with van der Waals surface area (Å²) >= 11 is 1.29. The van der Waals surface area contributed by atoms with E-state index in [9.17, 15) is 4.79 Å². The lowest BCUT2D eigenvalue weighted by molar-refractivity contribution is -0.136. The van der Waals surface area contributed by atoms with Crippen molar-refractivity contribution >= 4 is 17.7 Å². The van der Waals surface area contributed by atoms with Crippen LogP contribution in [0.1, 0.15) is 32.5 Å². The third-order valence-electron chi connectivity index (χ3n) is 1.90. The fourth-order valence-electron chi connectivity index (χ4n) is 1.05. The predicted octanol–water partition coefficient (Wildman–Crippen LogP) is 1.97. The van der Waals surface area contributed by atoms with Crippen LogP contribution < -0.4 is 0 Å². The number of hydrogen-bond acceptors (Lipinski definition) is 5. The van der Waals surface area contributed by atoms with Gasteiger partial charge in [-0.2, -0.15) is 4.98 Å². The number of nitrogens with zero attached hydrogens (tertiary/aromatic N) is 2. The summed E-state index contributed by atoms with van der Waals surface area (Å²) in [7, 11) is 0. The Labute approximate surface area is 98.6 Å². The Morgan fingerprint density at radius 1 is 1.50 bits per heavy atom. The highest BCUT2D eigenvalue weighted by Crippen LogP contribution is 2.16. The maximum Gasteiger partial charge on any atom is 0.316 e. The summed E-state index contributed by atoms with van der Waals surface area (Å²) in [5, 5.41) is 12.0. The van der Waals surface area contributed by atoms with Gasteiger partial charge in [0.05, 0.1) is 11.0 Å². The van der Waals surface area contributed by atoms with Crippen molar-refractivity contribution < 1.29 is 14.4 Å². The van der Waals surface area contributed by atoms with E-state index >= 15 is 0 Å². The summed E-state index contributed by atoms with van der Waals surface area (Å²) in [4.78, 5) is 14.8. The van der Waals surface area contributed by atoms with Crippen LogP contribution in [-0.2, 0) is 17.0 Å². The van der Waals surface area contributed by atoms with E-state index in [-0.39, 0.29) is 0 Å². The lowest BCUT2D eigenvalue weighted by Gasteiger charge is -2.01. The number of carboxylic acids is 1. The molecule has 16 heavy (non-hydrogen) atoms. The molecule has 90 valence electrons. The lowest BCUT2D eigenvalue weighted by Crippen LogP contribution is -2.11. The van der Waals surface area contributed by atoms with Crippen LogP contribution in [0.4, 0.5) is 0 Å². The van der Waals surface area contributed by atoms with Crippen LogP contribution in [0.15, 0.2) is 4.52 Å². The largest absolute Gasteiger partial charge is 0.480 e. The molecule has 0 aromatic carbocycles.